The van der Waals surface area contributed by atoms with Gasteiger partial charge in [0.1, 0.15) is 11.4 Å². The van der Waals surface area contributed by atoms with Crippen LogP contribution in [0.4, 0.5) is 39.5 Å². The van der Waals surface area contributed by atoms with E-state index in [-0.39, 0.29) is 22.5 Å². The molecule has 0 fully saturated rings. The largest absolute Gasteiger partial charge is 0.417 e. The van der Waals surface area contributed by atoms with Crippen molar-refractivity contribution in [2.75, 3.05) is 0 Å². The highest BCUT2D eigenvalue weighted by Gasteiger charge is 2.51. The van der Waals surface area contributed by atoms with Crippen LogP contribution in [0.3, 0.4) is 0 Å². The second-order valence-corrected chi connectivity index (χ2v) is 8.97. The van der Waals surface area contributed by atoms with E-state index in [1.807, 2.05) is 0 Å². The standard InChI is InChI=1S/C25H11F9N2S/c26-23(27,28)17-8-7-14(19(24(29,30)31)20(17)25(32,33)34)21-15-10-12-4-1-2-5-13(12)11-16(15)22(36-35-21)18-6-3-9-37-18/h1-11H. The number of nitrogens with zero attached hydrogens (tertiary/aromatic N) is 2. The van der Waals surface area contributed by atoms with Gasteiger partial charge in [-0.1, -0.05) is 36.4 Å². The molecule has 0 aliphatic rings. The van der Waals surface area contributed by atoms with E-state index in [1.54, 1.807) is 47.8 Å². The van der Waals surface area contributed by atoms with Crippen molar-refractivity contribution in [3.63, 3.8) is 0 Å². The highest BCUT2D eigenvalue weighted by atomic mass is 32.1. The lowest BCUT2D eigenvalue weighted by atomic mass is 9.90. The Morgan fingerprint density at radius 3 is 1.65 bits per heavy atom. The van der Waals surface area contributed by atoms with E-state index in [0.717, 1.165) is 0 Å². The summed E-state index contributed by atoms with van der Waals surface area (Å²) in [5.41, 5.74) is -9.22. The fraction of sp³-hybridized carbons (Fsp3) is 0.120. The Labute approximate surface area is 206 Å². The van der Waals surface area contributed by atoms with E-state index >= 15 is 0 Å². The molecule has 0 atom stereocenters. The van der Waals surface area contributed by atoms with Crippen LogP contribution < -0.4 is 0 Å². The van der Waals surface area contributed by atoms with Crippen LogP contribution in [0, 0.1) is 0 Å². The summed E-state index contributed by atoms with van der Waals surface area (Å²) < 4.78 is 124. The molecule has 0 spiro atoms. The van der Waals surface area contributed by atoms with Gasteiger partial charge in [0.2, 0.25) is 0 Å². The third-order valence-electron chi connectivity index (χ3n) is 5.73. The molecule has 0 saturated heterocycles. The summed E-state index contributed by atoms with van der Waals surface area (Å²) in [5, 5.41) is 11.1. The van der Waals surface area contributed by atoms with Crippen molar-refractivity contribution in [2.24, 2.45) is 0 Å². The van der Waals surface area contributed by atoms with Gasteiger partial charge in [-0.15, -0.1) is 21.5 Å². The minimum atomic E-state index is -5.96. The Morgan fingerprint density at radius 2 is 1.14 bits per heavy atom. The molecule has 0 bridgehead atoms. The summed E-state index contributed by atoms with van der Waals surface area (Å²) in [7, 11) is 0. The van der Waals surface area contributed by atoms with E-state index in [4.69, 9.17) is 0 Å². The van der Waals surface area contributed by atoms with E-state index in [1.165, 1.54) is 17.4 Å². The molecule has 37 heavy (non-hydrogen) atoms. The number of fused-ring (bicyclic) bond motifs is 2. The molecule has 2 nitrogen and oxygen atoms in total. The van der Waals surface area contributed by atoms with Crippen molar-refractivity contribution in [1.29, 1.82) is 0 Å². The molecular formula is C25H11F9N2S. The Morgan fingerprint density at radius 1 is 0.568 bits per heavy atom. The van der Waals surface area contributed by atoms with Gasteiger partial charge < -0.3 is 0 Å². The maximum absolute atomic E-state index is 14.1. The third kappa shape index (κ3) is 4.39. The quantitative estimate of drug-likeness (QED) is 0.164. The van der Waals surface area contributed by atoms with Crippen molar-refractivity contribution >= 4 is 32.9 Å². The fourth-order valence-electron chi connectivity index (χ4n) is 4.26. The van der Waals surface area contributed by atoms with Crippen LogP contribution in [0.15, 0.2) is 66.0 Å². The van der Waals surface area contributed by atoms with Gasteiger partial charge >= 0.3 is 18.5 Å². The number of thiophene rings is 1. The molecule has 3 aromatic carbocycles. The molecule has 0 aliphatic heterocycles. The monoisotopic (exact) mass is 542 g/mol. The van der Waals surface area contributed by atoms with E-state index in [2.05, 4.69) is 10.2 Å². The molecular weight excluding hydrogens is 531 g/mol. The summed E-state index contributed by atoms with van der Waals surface area (Å²) in [6.45, 7) is 0. The van der Waals surface area contributed by atoms with Crippen molar-refractivity contribution in [3.05, 3.63) is 82.7 Å². The van der Waals surface area contributed by atoms with Crippen molar-refractivity contribution in [1.82, 2.24) is 10.2 Å². The zero-order valence-electron chi connectivity index (χ0n) is 18.1. The SMILES string of the molecule is FC(F)(F)c1ccc(-c2nnc(-c3cccs3)c3cc4ccccc4cc23)c(C(F)(F)F)c1C(F)(F)F. The Balaban J connectivity index is 1.94. The third-order valence-corrected chi connectivity index (χ3v) is 6.61. The first kappa shape index (κ1) is 25.0. The summed E-state index contributed by atoms with van der Waals surface area (Å²) >= 11 is 1.26. The van der Waals surface area contributed by atoms with Crippen LogP contribution >= 0.6 is 11.3 Å². The first-order valence-electron chi connectivity index (χ1n) is 10.4. The summed E-state index contributed by atoms with van der Waals surface area (Å²) in [6, 6.07) is 13.6. The van der Waals surface area contributed by atoms with Crippen LogP contribution in [0.1, 0.15) is 16.7 Å². The molecule has 190 valence electrons. The van der Waals surface area contributed by atoms with Gasteiger partial charge in [-0.05, 0) is 40.4 Å². The number of rotatable bonds is 2. The Bertz CT molecular complexity index is 1630. The van der Waals surface area contributed by atoms with Gasteiger partial charge in [0.15, 0.2) is 0 Å². The summed E-state index contributed by atoms with van der Waals surface area (Å²) in [5.74, 6) is 0. The smallest absolute Gasteiger partial charge is 0.166 e. The van der Waals surface area contributed by atoms with Gasteiger partial charge in [-0.25, -0.2) is 0 Å². The number of halogens is 9. The second-order valence-electron chi connectivity index (χ2n) is 8.02. The van der Waals surface area contributed by atoms with Crippen LogP contribution in [-0.4, -0.2) is 10.2 Å². The average Bonchev–Trinajstić information content (AvgIpc) is 3.34. The van der Waals surface area contributed by atoms with Crippen LogP contribution in [-0.2, 0) is 18.5 Å². The minimum Gasteiger partial charge on any atom is -0.166 e. The van der Waals surface area contributed by atoms with Gasteiger partial charge in [-0.3, -0.25) is 0 Å². The molecule has 0 aliphatic carbocycles. The molecule has 2 aromatic heterocycles. The number of benzene rings is 3. The van der Waals surface area contributed by atoms with Crippen LogP contribution in [0.25, 0.3) is 43.4 Å². The maximum atomic E-state index is 14.1. The minimum absolute atomic E-state index is 0.00482. The number of aromatic nitrogens is 2. The van der Waals surface area contributed by atoms with Crippen LogP contribution in [0.2, 0.25) is 0 Å². The van der Waals surface area contributed by atoms with Gasteiger partial charge in [0.25, 0.3) is 0 Å². The molecule has 2 heterocycles. The molecule has 12 heteroatoms. The zero-order valence-corrected chi connectivity index (χ0v) is 18.9. The van der Waals surface area contributed by atoms with Crippen molar-refractivity contribution in [3.8, 4) is 21.8 Å². The van der Waals surface area contributed by atoms with Crippen molar-refractivity contribution in [2.45, 2.75) is 18.5 Å². The molecule has 0 radical (unpaired) electrons. The zero-order chi connectivity index (χ0) is 26.8. The molecule has 0 N–H and O–H groups in total. The first-order chi connectivity index (χ1) is 17.3. The lowest BCUT2D eigenvalue weighted by molar-refractivity contribution is -0.174. The average molecular weight is 542 g/mol. The first-order valence-corrected chi connectivity index (χ1v) is 11.3. The number of hydrogen-bond acceptors (Lipinski definition) is 3. The molecule has 0 amide bonds. The normalized spacial score (nSPS) is 13.0. The molecule has 0 unspecified atom stereocenters. The molecule has 5 aromatic rings. The topological polar surface area (TPSA) is 25.8 Å². The summed E-state index contributed by atoms with van der Waals surface area (Å²) in [4.78, 5) is 0.596. The highest BCUT2D eigenvalue weighted by molar-refractivity contribution is 7.13. The second kappa shape index (κ2) is 8.44. The lowest BCUT2D eigenvalue weighted by Crippen LogP contribution is -2.24. The molecule has 0 saturated carbocycles. The Kier molecular flexibility index (Phi) is 5.70. The number of hydrogen-bond donors (Lipinski definition) is 0. The summed E-state index contributed by atoms with van der Waals surface area (Å²) in [6.07, 6.45) is -17.4. The molecule has 5 rings (SSSR count). The predicted octanol–water partition coefficient (Wildman–Crippen LogP) is 9.23. The van der Waals surface area contributed by atoms with Gasteiger partial charge in [-0.2, -0.15) is 39.5 Å². The van der Waals surface area contributed by atoms with Gasteiger partial charge in [0, 0.05) is 16.3 Å². The highest BCUT2D eigenvalue weighted by Crippen LogP contribution is 2.50. The van der Waals surface area contributed by atoms with Crippen molar-refractivity contribution < 1.29 is 39.5 Å². The number of alkyl halides is 9. The maximum Gasteiger partial charge on any atom is 0.417 e. The van der Waals surface area contributed by atoms with E-state index < -0.39 is 46.5 Å². The van der Waals surface area contributed by atoms with Gasteiger partial charge in [0.05, 0.1) is 21.6 Å². The lowest BCUT2D eigenvalue weighted by Gasteiger charge is -2.23. The fourth-order valence-corrected chi connectivity index (χ4v) is 4.98. The van der Waals surface area contributed by atoms with E-state index in [0.29, 0.717) is 21.7 Å². The Hall–Kier alpha value is -3.67. The van der Waals surface area contributed by atoms with E-state index in [9.17, 15) is 39.5 Å². The predicted molar refractivity (Wildman–Crippen MR) is 121 cm³/mol. The van der Waals surface area contributed by atoms with Crippen LogP contribution in [0.5, 0.6) is 0 Å².